The smallest absolute Gasteiger partial charge is 0.256 e. The van der Waals surface area contributed by atoms with Crippen LogP contribution in [0.3, 0.4) is 0 Å². The Labute approximate surface area is 180 Å². The normalized spacial score (nSPS) is 15.3. The van der Waals surface area contributed by atoms with Crippen LogP contribution in [0.5, 0.6) is 11.5 Å². The molecule has 2 aromatic carbocycles. The van der Waals surface area contributed by atoms with Crippen molar-refractivity contribution in [3.05, 3.63) is 51.1 Å². The maximum Gasteiger partial charge on any atom is 0.256 e. The number of likely N-dealkylation sites (tertiary alicyclic amines) is 1. The number of methoxy groups -OCH3 is 2. The van der Waals surface area contributed by atoms with E-state index in [4.69, 9.17) is 9.47 Å². The van der Waals surface area contributed by atoms with E-state index in [2.05, 4.69) is 51.9 Å². The lowest BCUT2D eigenvalue weighted by Crippen LogP contribution is -2.32. The maximum atomic E-state index is 12.7. The molecule has 1 aliphatic rings. The Morgan fingerprint density at radius 1 is 1.11 bits per heavy atom. The Balaban J connectivity index is 1.64. The van der Waals surface area contributed by atoms with Crippen LogP contribution in [0, 0.1) is 9.49 Å². The van der Waals surface area contributed by atoms with Crippen molar-refractivity contribution in [3.8, 4) is 11.5 Å². The molecule has 0 saturated carbocycles. The number of amides is 1. The molecule has 0 aromatic heterocycles. The van der Waals surface area contributed by atoms with Crippen LogP contribution in [0.4, 0.5) is 5.69 Å². The number of hydrogen-bond donors (Lipinski definition) is 1. The maximum absolute atomic E-state index is 12.7. The van der Waals surface area contributed by atoms with Gasteiger partial charge in [0.05, 0.1) is 19.8 Å². The van der Waals surface area contributed by atoms with E-state index < -0.39 is 0 Å². The molecular weight excluding hydrogens is 467 g/mol. The molecule has 2 aromatic rings. The minimum Gasteiger partial charge on any atom is -0.493 e. The summed E-state index contributed by atoms with van der Waals surface area (Å²) in [6.07, 6.45) is 2.55. The molecule has 1 fully saturated rings. The topological polar surface area (TPSA) is 50.8 Å². The number of ether oxygens (including phenoxy) is 2. The third-order valence-corrected chi connectivity index (χ3v) is 6.10. The van der Waals surface area contributed by atoms with Gasteiger partial charge in [0.1, 0.15) is 0 Å². The van der Waals surface area contributed by atoms with Gasteiger partial charge in [0.2, 0.25) is 0 Å². The van der Waals surface area contributed by atoms with Crippen LogP contribution in [0.1, 0.15) is 35.7 Å². The highest BCUT2D eigenvalue weighted by Crippen LogP contribution is 2.31. The van der Waals surface area contributed by atoms with E-state index in [0.717, 1.165) is 34.8 Å². The monoisotopic (exact) mass is 494 g/mol. The lowest BCUT2D eigenvalue weighted by Gasteiger charge is -2.30. The summed E-state index contributed by atoms with van der Waals surface area (Å²) < 4.78 is 11.4. The number of benzene rings is 2. The van der Waals surface area contributed by atoms with Crippen LogP contribution in [0.2, 0.25) is 0 Å². The van der Waals surface area contributed by atoms with E-state index in [1.54, 1.807) is 26.4 Å². The van der Waals surface area contributed by atoms with Crippen LogP contribution >= 0.6 is 22.6 Å². The first-order chi connectivity index (χ1) is 13.5. The molecule has 5 nitrogen and oxygen atoms in total. The van der Waals surface area contributed by atoms with Crippen molar-refractivity contribution in [2.24, 2.45) is 5.92 Å². The van der Waals surface area contributed by atoms with Gasteiger partial charge in [-0.05, 0) is 84.3 Å². The molecule has 1 saturated heterocycles. The minimum absolute atomic E-state index is 0.164. The van der Waals surface area contributed by atoms with Crippen molar-refractivity contribution in [3.63, 3.8) is 0 Å². The molecule has 150 valence electrons. The number of nitrogens with one attached hydrogen (secondary N) is 1. The molecule has 1 amide bonds. The fraction of sp³-hybridized carbons (Fsp3) is 0.409. The molecule has 0 radical (unpaired) electrons. The number of carbonyl (C=O) groups is 1. The van der Waals surface area contributed by atoms with Gasteiger partial charge in [0.15, 0.2) is 11.5 Å². The van der Waals surface area contributed by atoms with Gasteiger partial charge in [-0.25, -0.2) is 0 Å². The quantitative estimate of drug-likeness (QED) is 0.587. The van der Waals surface area contributed by atoms with Crippen LogP contribution in [0.15, 0.2) is 36.4 Å². The Kier molecular flexibility index (Phi) is 7.18. The summed E-state index contributed by atoms with van der Waals surface area (Å²) in [4.78, 5) is 15.2. The predicted octanol–water partition coefficient (Wildman–Crippen LogP) is 4.79. The molecule has 1 heterocycles. The van der Waals surface area contributed by atoms with E-state index in [0.29, 0.717) is 17.1 Å². The third kappa shape index (κ3) is 5.17. The van der Waals surface area contributed by atoms with E-state index in [-0.39, 0.29) is 5.91 Å². The molecule has 0 aliphatic carbocycles. The number of carbonyl (C=O) groups excluding carboxylic acids is 1. The van der Waals surface area contributed by atoms with Gasteiger partial charge in [0, 0.05) is 15.8 Å². The first-order valence-electron chi connectivity index (χ1n) is 9.54. The number of halogens is 1. The van der Waals surface area contributed by atoms with E-state index >= 15 is 0 Å². The Morgan fingerprint density at radius 2 is 1.71 bits per heavy atom. The van der Waals surface area contributed by atoms with Crippen molar-refractivity contribution in [2.45, 2.75) is 26.3 Å². The molecule has 3 rings (SSSR count). The second kappa shape index (κ2) is 9.60. The zero-order valence-corrected chi connectivity index (χ0v) is 18.8. The van der Waals surface area contributed by atoms with Crippen LogP contribution < -0.4 is 14.8 Å². The van der Waals surface area contributed by atoms with Gasteiger partial charge in [-0.2, -0.15) is 0 Å². The van der Waals surface area contributed by atoms with Crippen LogP contribution in [-0.4, -0.2) is 38.1 Å². The number of hydrogen-bond acceptors (Lipinski definition) is 4. The van der Waals surface area contributed by atoms with Gasteiger partial charge >= 0.3 is 0 Å². The average Bonchev–Trinajstić information content (AvgIpc) is 2.70. The van der Waals surface area contributed by atoms with Gasteiger partial charge in [0.25, 0.3) is 5.91 Å². The first kappa shape index (κ1) is 20.9. The second-order valence-corrected chi connectivity index (χ2v) is 8.46. The van der Waals surface area contributed by atoms with Crippen molar-refractivity contribution in [2.75, 3.05) is 32.6 Å². The van der Waals surface area contributed by atoms with E-state index in [1.807, 2.05) is 12.1 Å². The summed E-state index contributed by atoms with van der Waals surface area (Å²) in [5.74, 6) is 1.83. The molecule has 0 atom stereocenters. The average molecular weight is 494 g/mol. The van der Waals surface area contributed by atoms with E-state index in [9.17, 15) is 4.79 Å². The summed E-state index contributed by atoms with van der Waals surface area (Å²) >= 11 is 2.14. The lowest BCUT2D eigenvalue weighted by atomic mass is 9.99. The van der Waals surface area contributed by atoms with Crippen molar-refractivity contribution in [1.29, 1.82) is 0 Å². The largest absolute Gasteiger partial charge is 0.493 e. The SMILES string of the molecule is COc1cc(I)c(C(=O)Nc2ccc(CN3CCC(C)CC3)cc2)cc1OC. The van der Waals surface area contributed by atoms with E-state index in [1.165, 1.54) is 18.4 Å². The molecule has 1 N–H and O–H groups in total. The fourth-order valence-corrected chi connectivity index (χ4v) is 4.08. The zero-order valence-electron chi connectivity index (χ0n) is 16.6. The minimum atomic E-state index is -0.164. The number of nitrogens with zero attached hydrogens (tertiary/aromatic N) is 1. The number of piperidine rings is 1. The summed E-state index contributed by atoms with van der Waals surface area (Å²) in [6.45, 7) is 5.62. The first-order valence-corrected chi connectivity index (χ1v) is 10.6. The van der Waals surface area contributed by atoms with Gasteiger partial charge < -0.3 is 14.8 Å². The summed E-state index contributed by atoms with van der Waals surface area (Å²) in [5, 5.41) is 2.97. The van der Waals surface area contributed by atoms with Gasteiger partial charge in [-0.1, -0.05) is 19.1 Å². The number of rotatable bonds is 6. The van der Waals surface area contributed by atoms with Crippen molar-refractivity contribution in [1.82, 2.24) is 4.90 Å². The molecule has 6 heteroatoms. The highest BCUT2D eigenvalue weighted by atomic mass is 127. The van der Waals surface area contributed by atoms with Crippen molar-refractivity contribution >= 4 is 34.2 Å². The Bertz CT molecular complexity index is 815. The molecule has 1 aliphatic heterocycles. The highest BCUT2D eigenvalue weighted by Gasteiger charge is 2.17. The lowest BCUT2D eigenvalue weighted by molar-refractivity contribution is 0.102. The second-order valence-electron chi connectivity index (χ2n) is 7.30. The van der Waals surface area contributed by atoms with Gasteiger partial charge in [-0.15, -0.1) is 0 Å². The summed E-state index contributed by atoms with van der Waals surface area (Å²) in [5.41, 5.74) is 2.62. The molecular formula is C22H27IN2O3. The van der Waals surface area contributed by atoms with Crippen molar-refractivity contribution < 1.29 is 14.3 Å². The van der Waals surface area contributed by atoms with Crippen LogP contribution in [0.25, 0.3) is 0 Å². The third-order valence-electron chi connectivity index (χ3n) is 5.21. The Hall–Kier alpha value is -1.80. The van der Waals surface area contributed by atoms with Crippen LogP contribution in [-0.2, 0) is 6.54 Å². The molecule has 0 unspecified atom stereocenters. The zero-order chi connectivity index (χ0) is 20.1. The highest BCUT2D eigenvalue weighted by molar-refractivity contribution is 14.1. The standard InChI is InChI=1S/C22H27IN2O3/c1-15-8-10-25(11-9-15)14-16-4-6-17(7-5-16)24-22(26)18-12-20(27-2)21(28-3)13-19(18)23/h4-7,12-13,15H,8-11,14H2,1-3H3,(H,24,26). The molecule has 0 bridgehead atoms. The van der Waals surface area contributed by atoms with Gasteiger partial charge in [-0.3, -0.25) is 9.69 Å². The number of anilines is 1. The predicted molar refractivity (Wildman–Crippen MR) is 120 cm³/mol. The fourth-order valence-electron chi connectivity index (χ4n) is 3.40. The molecule has 0 spiro atoms. The molecule has 28 heavy (non-hydrogen) atoms. The summed E-state index contributed by atoms with van der Waals surface area (Å²) in [6, 6.07) is 11.6. The summed E-state index contributed by atoms with van der Waals surface area (Å²) in [7, 11) is 3.15. The Morgan fingerprint density at radius 3 is 2.32 bits per heavy atom.